The molecular formula is C20H17BrClN5O2. The summed E-state index contributed by atoms with van der Waals surface area (Å²) in [5.41, 5.74) is -0.0371. The molecule has 0 atom stereocenters. The molecule has 0 unspecified atom stereocenters. The van der Waals surface area contributed by atoms with E-state index in [1.165, 1.54) is 4.68 Å². The van der Waals surface area contributed by atoms with Crippen molar-refractivity contribution in [2.45, 2.75) is 24.8 Å². The summed E-state index contributed by atoms with van der Waals surface area (Å²) in [5, 5.41) is 10.4. The van der Waals surface area contributed by atoms with Gasteiger partial charge in [-0.15, -0.1) is 0 Å². The number of hydrogen-bond donors (Lipinski definition) is 2. The van der Waals surface area contributed by atoms with Gasteiger partial charge in [-0.05, 0) is 59.5 Å². The SMILES string of the molecule is O=C(NC1(C(=O)Nc2ccccc2)CCC1)c1cc(Br)nn1-c1ncccc1Cl. The normalized spacial score (nSPS) is 14.7. The average molecular weight is 475 g/mol. The number of rotatable bonds is 5. The first-order chi connectivity index (χ1) is 14.0. The maximum Gasteiger partial charge on any atom is 0.270 e. The molecule has 2 amide bonds. The summed E-state index contributed by atoms with van der Waals surface area (Å²) in [6, 6.07) is 14.1. The van der Waals surface area contributed by atoms with Crippen molar-refractivity contribution in [3.05, 3.63) is 70.0 Å². The van der Waals surface area contributed by atoms with Crippen molar-refractivity contribution < 1.29 is 9.59 Å². The monoisotopic (exact) mass is 473 g/mol. The minimum atomic E-state index is -0.956. The number of amides is 2. The first kappa shape index (κ1) is 19.6. The van der Waals surface area contributed by atoms with Gasteiger partial charge in [-0.1, -0.05) is 29.8 Å². The molecule has 7 nitrogen and oxygen atoms in total. The average Bonchev–Trinajstić information content (AvgIpc) is 3.07. The molecular weight excluding hydrogens is 458 g/mol. The van der Waals surface area contributed by atoms with Crippen molar-refractivity contribution in [2.75, 3.05) is 5.32 Å². The highest BCUT2D eigenvalue weighted by molar-refractivity contribution is 9.10. The molecule has 1 aromatic carbocycles. The lowest BCUT2D eigenvalue weighted by Gasteiger charge is -2.40. The smallest absolute Gasteiger partial charge is 0.270 e. The van der Waals surface area contributed by atoms with Gasteiger partial charge in [0.1, 0.15) is 15.8 Å². The first-order valence-corrected chi connectivity index (χ1v) is 10.2. The van der Waals surface area contributed by atoms with Gasteiger partial charge in [-0.2, -0.15) is 5.10 Å². The maximum atomic E-state index is 13.1. The molecule has 1 aliphatic carbocycles. The number of pyridine rings is 1. The highest BCUT2D eigenvalue weighted by atomic mass is 79.9. The molecule has 0 aliphatic heterocycles. The van der Waals surface area contributed by atoms with Crippen LogP contribution in [-0.4, -0.2) is 32.1 Å². The van der Waals surface area contributed by atoms with Crippen LogP contribution in [0.3, 0.4) is 0 Å². The van der Waals surface area contributed by atoms with E-state index in [4.69, 9.17) is 11.6 Å². The molecule has 0 radical (unpaired) electrons. The molecule has 2 heterocycles. The predicted octanol–water partition coefficient (Wildman–Crippen LogP) is 3.97. The van der Waals surface area contributed by atoms with Gasteiger partial charge in [-0.3, -0.25) is 9.59 Å². The third-order valence-electron chi connectivity index (χ3n) is 4.88. The Morgan fingerprint density at radius 1 is 1.14 bits per heavy atom. The van der Waals surface area contributed by atoms with Crippen LogP contribution >= 0.6 is 27.5 Å². The van der Waals surface area contributed by atoms with Gasteiger partial charge >= 0.3 is 0 Å². The minimum Gasteiger partial charge on any atom is -0.336 e. The van der Waals surface area contributed by atoms with Crippen LogP contribution in [-0.2, 0) is 4.79 Å². The van der Waals surface area contributed by atoms with E-state index in [1.807, 2.05) is 18.2 Å². The van der Waals surface area contributed by atoms with Crippen molar-refractivity contribution in [3.8, 4) is 5.82 Å². The van der Waals surface area contributed by atoms with Crippen LogP contribution in [0, 0.1) is 0 Å². The number of benzene rings is 1. The predicted molar refractivity (Wildman–Crippen MR) is 113 cm³/mol. The molecule has 2 N–H and O–H groups in total. The fraction of sp³-hybridized carbons (Fsp3) is 0.200. The minimum absolute atomic E-state index is 0.232. The molecule has 0 saturated heterocycles. The van der Waals surface area contributed by atoms with E-state index in [0.717, 1.165) is 6.42 Å². The van der Waals surface area contributed by atoms with Gasteiger partial charge < -0.3 is 10.6 Å². The summed E-state index contributed by atoms with van der Waals surface area (Å²) in [6.45, 7) is 0. The summed E-state index contributed by atoms with van der Waals surface area (Å²) in [6.07, 6.45) is 3.56. The highest BCUT2D eigenvalue weighted by Crippen LogP contribution is 2.34. The second-order valence-corrected chi connectivity index (χ2v) is 8.00. The van der Waals surface area contributed by atoms with Crippen LogP contribution in [0.25, 0.3) is 5.82 Å². The first-order valence-electron chi connectivity index (χ1n) is 9.04. The molecule has 4 rings (SSSR count). The second kappa shape index (κ2) is 7.96. The van der Waals surface area contributed by atoms with Crippen LogP contribution in [0.2, 0.25) is 5.02 Å². The van der Waals surface area contributed by atoms with Gasteiger partial charge in [0.25, 0.3) is 5.91 Å². The number of hydrogen-bond acceptors (Lipinski definition) is 4. The number of carbonyl (C=O) groups is 2. The van der Waals surface area contributed by atoms with E-state index in [-0.39, 0.29) is 11.6 Å². The van der Waals surface area contributed by atoms with Crippen LogP contribution < -0.4 is 10.6 Å². The number of para-hydroxylation sites is 1. The van der Waals surface area contributed by atoms with E-state index in [0.29, 0.717) is 34.0 Å². The highest BCUT2D eigenvalue weighted by Gasteiger charge is 2.46. The maximum absolute atomic E-state index is 13.1. The summed E-state index contributed by atoms with van der Waals surface area (Å²) >= 11 is 9.52. The third-order valence-corrected chi connectivity index (χ3v) is 5.56. The molecule has 1 fully saturated rings. The quantitative estimate of drug-likeness (QED) is 0.585. The number of nitrogens with zero attached hydrogens (tertiary/aromatic N) is 3. The molecule has 9 heteroatoms. The van der Waals surface area contributed by atoms with Crippen molar-refractivity contribution in [1.29, 1.82) is 0 Å². The molecule has 3 aromatic rings. The number of aromatic nitrogens is 3. The number of anilines is 1. The van der Waals surface area contributed by atoms with Crippen LogP contribution in [0.5, 0.6) is 0 Å². The van der Waals surface area contributed by atoms with Gasteiger partial charge in [0.05, 0.1) is 5.02 Å². The zero-order chi connectivity index (χ0) is 20.4. The third kappa shape index (κ3) is 3.90. The zero-order valence-corrected chi connectivity index (χ0v) is 17.6. The Balaban J connectivity index is 1.59. The topological polar surface area (TPSA) is 88.9 Å². The fourth-order valence-electron chi connectivity index (χ4n) is 3.20. The Morgan fingerprint density at radius 3 is 2.55 bits per heavy atom. The zero-order valence-electron chi connectivity index (χ0n) is 15.2. The van der Waals surface area contributed by atoms with E-state index in [9.17, 15) is 9.59 Å². The van der Waals surface area contributed by atoms with Crippen molar-refractivity contribution in [1.82, 2.24) is 20.1 Å². The van der Waals surface area contributed by atoms with Crippen LogP contribution in [0.4, 0.5) is 5.69 Å². The number of nitrogens with one attached hydrogen (secondary N) is 2. The van der Waals surface area contributed by atoms with E-state index >= 15 is 0 Å². The molecule has 1 saturated carbocycles. The second-order valence-electron chi connectivity index (χ2n) is 6.78. The lowest BCUT2D eigenvalue weighted by molar-refractivity contribution is -0.125. The molecule has 29 heavy (non-hydrogen) atoms. The van der Waals surface area contributed by atoms with Crippen LogP contribution in [0.1, 0.15) is 29.8 Å². The van der Waals surface area contributed by atoms with Gasteiger partial charge in [0.2, 0.25) is 5.91 Å². The van der Waals surface area contributed by atoms with Gasteiger partial charge in [0, 0.05) is 18.0 Å². The Labute approximate surface area is 180 Å². The summed E-state index contributed by atoms with van der Waals surface area (Å²) in [4.78, 5) is 30.2. The van der Waals surface area contributed by atoms with Crippen LogP contribution in [0.15, 0.2) is 59.3 Å². The standard InChI is InChI=1S/C20H17BrClN5O2/c21-16-12-15(27(26-16)17-14(22)8-4-11-23-17)18(28)25-20(9-5-10-20)19(29)24-13-6-2-1-3-7-13/h1-4,6-8,11-12H,5,9-10H2,(H,24,29)(H,25,28). The number of carbonyl (C=O) groups excluding carboxylic acids is 2. The molecule has 0 spiro atoms. The summed E-state index contributed by atoms with van der Waals surface area (Å²) in [7, 11) is 0. The molecule has 1 aliphatic rings. The summed E-state index contributed by atoms with van der Waals surface area (Å²) < 4.78 is 1.82. The molecule has 148 valence electrons. The lowest BCUT2D eigenvalue weighted by Crippen LogP contribution is -2.61. The molecule has 2 aromatic heterocycles. The Bertz CT molecular complexity index is 1070. The van der Waals surface area contributed by atoms with Crippen molar-refractivity contribution in [3.63, 3.8) is 0 Å². The van der Waals surface area contributed by atoms with E-state index < -0.39 is 11.4 Å². The lowest BCUT2D eigenvalue weighted by atomic mass is 9.75. The Kier molecular flexibility index (Phi) is 5.38. The fourth-order valence-corrected chi connectivity index (χ4v) is 3.78. The van der Waals surface area contributed by atoms with Gasteiger partial charge in [-0.25, -0.2) is 9.67 Å². The van der Waals surface area contributed by atoms with Crippen molar-refractivity contribution >= 4 is 45.0 Å². The van der Waals surface area contributed by atoms with E-state index in [1.54, 1.807) is 36.5 Å². The largest absolute Gasteiger partial charge is 0.336 e. The Morgan fingerprint density at radius 2 is 1.90 bits per heavy atom. The van der Waals surface area contributed by atoms with Crippen molar-refractivity contribution in [2.24, 2.45) is 0 Å². The number of halogens is 2. The molecule has 0 bridgehead atoms. The summed E-state index contributed by atoms with van der Waals surface area (Å²) in [5.74, 6) is -0.321. The Hall–Kier alpha value is -2.71. The van der Waals surface area contributed by atoms with Gasteiger partial charge in [0.15, 0.2) is 5.82 Å². The van der Waals surface area contributed by atoms with E-state index in [2.05, 4.69) is 36.6 Å².